The van der Waals surface area contributed by atoms with Crippen molar-refractivity contribution in [2.75, 3.05) is 39.8 Å². The Hall–Kier alpha value is -4.68. The number of amides is 8. The molecule has 0 aliphatic carbocycles. The summed E-state index contributed by atoms with van der Waals surface area (Å²) in [6.07, 6.45) is 0. The SMILES string of the molecule is CCOC(=O)C12N3Cc4c(Br)ccc(Br)c4CN1C(=O)N1CN4C(=O)N5Cc6c(Br)ccc(Br)c6CN6C(=O)N(CN(C3=O)C12C(=O)OCC)C4(C(=O)OCC)C65C(=O)OCC. The van der Waals surface area contributed by atoms with Crippen molar-refractivity contribution in [2.24, 2.45) is 0 Å². The molecule has 0 saturated carbocycles. The third-order valence-corrected chi connectivity index (χ3v) is 15.6. The molecule has 2 aromatic rings. The highest BCUT2D eigenvalue weighted by molar-refractivity contribution is 9.11. The number of urea groups is 4. The van der Waals surface area contributed by atoms with Crippen molar-refractivity contribution < 1.29 is 57.3 Å². The highest BCUT2D eigenvalue weighted by atomic mass is 79.9. The number of esters is 4. The van der Waals surface area contributed by atoms with Crippen molar-refractivity contribution >= 4 is 112 Å². The Kier molecular flexibility index (Phi) is 9.91. The summed E-state index contributed by atoms with van der Waals surface area (Å²) in [7, 11) is 0. The van der Waals surface area contributed by atoms with Crippen LogP contribution in [-0.4, -0.2) is 150 Å². The van der Waals surface area contributed by atoms with E-state index >= 15 is 38.4 Å². The van der Waals surface area contributed by atoms with E-state index in [1.165, 1.54) is 27.7 Å². The van der Waals surface area contributed by atoms with Gasteiger partial charge in [0.05, 0.1) is 52.6 Å². The number of carbonyl (C=O) groups excluding carboxylic acids is 8. The van der Waals surface area contributed by atoms with E-state index in [9.17, 15) is 0 Å². The number of halogens is 4. The van der Waals surface area contributed by atoms with Crippen molar-refractivity contribution in [1.29, 1.82) is 0 Å². The molecule has 7 aliphatic heterocycles. The largest absolute Gasteiger partial charge is 0.463 e. The normalized spacial score (nSPS) is 27.6. The van der Waals surface area contributed by atoms with Gasteiger partial charge in [0, 0.05) is 17.9 Å². The molecule has 5 saturated heterocycles. The van der Waals surface area contributed by atoms with Crippen LogP contribution >= 0.6 is 63.7 Å². The molecular formula is C38H36Br4N8O12. The Labute approximate surface area is 386 Å². The highest BCUT2D eigenvalue weighted by Crippen LogP contribution is 2.62. The van der Waals surface area contributed by atoms with Gasteiger partial charge in [-0.15, -0.1) is 0 Å². The van der Waals surface area contributed by atoms with Gasteiger partial charge in [0.15, 0.2) is 0 Å². The molecule has 0 aromatic heterocycles. The van der Waals surface area contributed by atoms with E-state index in [0.717, 1.165) is 39.2 Å². The fourth-order valence-corrected chi connectivity index (χ4v) is 12.4. The summed E-state index contributed by atoms with van der Waals surface area (Å²) >= 11 is 14.3. The smallest absolute Gasteiger partial charge is 0.359 e. The van der Waals surface area contributed by atoms with Crippen LogP contribution in [-0.2, 0) is 64.3 Å². The summed E-state index contributed by atoms with van der Waals surface area (Å²) in [4.78, 5) is 131. The predicted molar refractivity (Wildman–Crippen MR) is 222 cm³/mol. The fraction of sp³-hybridized carbons (Fsp3) is 0.474. The van der Waals surface area contributed by atoms with Gasteiger partial charge < -0.3 is 18.9 Å². The minimum atomic E-state index is -2.85. The number of nitrogens with zero attached hydrogens (tertiary/aromatic N) is 8. The van der Waals surface area contributed by atoms with E-state index in [0.29, 0.717) is 40.1 Å². The average molecular weight is 1120 g/mol. The molecule has 62 heavy (non-hydrogen) atoms. The second-order valence-corrected chi connectivity index (χ2v) is 18.4. The zero-order chi connectivity index (χ0) is 44.6. The molecular weight excluding hydrogens is 1080 g/mol. The number of carbonyl (C=O) groups is 8. The zero-order valence-electron chi connectivity index (χ0n) is 33.4. The highest BCUT2D eigenvalue weighted by Gasteiger charge is 2.93. The molecule has 2 aromatic carbocycles. The average Bonchev–Trinajstić information content (AvgIpc) is 3.59. The first-order valence-corrected chi connectivity index (χ1v) is 22.7. The zero-order valence-corrected chi connectivity index (χ0v) is 39.7. The quantitative estimate of drug-likeness (QED) is 0.268. The Bertz CT molecular complexity index is 2180. The molecule has 7 aliphatic rings. The lowest BCUT2D eigenvalue weighted by Crippen LogP contribution is -2.81. The van der Waals surface area contributed by atoms with Crippen LogP contribution in [0.5, 0.6) is 0 Å². The van der Waals surface area contributed by atoms with Crippen LogP contribution in [0.3, 0.4) is 0 Å². The topological polar surface area (TPSA) is 199 Å². The van der Waals surface area contributed by atoms with Crippen molar-refractivity contribution in [3.63, 3.8) is 0 Å². The number of ether oxygens (including phenoxy) is 4. The monoisotopic (exact) mass is 1110 g/mol. The van der Waals surface area contributed by atoms with Gasteiger partial charge in [-0.1, -0.05) is 63.7 Å². The van der Waals surface area contributed by atoms with Crippen LogP contribution in [0.4, 0.5) is 19.2 Å². The lowest BCUT2D eigenvalue weighted by Gasteiger charge is -2.51. The number of rotatable bonds is 8. The van der Waals surface area contributed by atoms with Gasteiger partial charge in [0.25, 0.3) is 22.7 Å². The van der Waals surface area contributed by atoms with Gasteiger partial charge >= 0.3 is 48.0 Å². The van der Waals surface area contributed by atoms with Crippen LogP contribution < -0.4 is 0 Å². The third-order valence-electron chi connectivity index (χ3n) is 12.6. The maximum atomic E-state index is 15.7. The molecule has 9 rings (SSSR count). The molecule has 0 atom stereocenters. The van der Waals surface area contributed by atoms with Crippen LogP contribution in [0.15, 0.2) is 42.2 Å². The molecule has 0 spiro atoms. The van der Waals surface area contributed by atoms with E-state index in [2.05, 4.69) is 63.7 Å². The molecule has 5 fully saturated rings. The van der Waals surface area contributed by atoms with E-state index < -0.39 is 110 Å². The van der Waals surface area contributed by atoms with Crippen molar-refractivity contribution in [3.8, 4) is 0 Å². The maximum Gasteiger partial charge on any atom is 0.359 e. The van der Waals surface area contributed by atoms with Gasteiger partial charge in [-0.25, -0.2) is 38.4 Å². The minimum absolute atomic E-state index is 0.261. The number of hydrogen-bond donors (Lipinski definition) is 0. The number of hydrogen-bond acceptors (Lipinski definition) is 12. The van der Waals surface area contributed by atoms with E-state index in [1.54, 1.807) is 24.3 Å². The molecule has 0 N–H and O–H groups in total. The lowest BCUT2D eigenvalue weighted by atomic mass is 9.88. The van der Waals surface area contributed by atoms with Gasteiger partial charge in [-0.05, 0) is 74.2 Å². The van der Waals surface area contributed by atoms with Crippen molar-refractivity contribution in [3.05, 3.63) is 64.4 Å². The summed E-state index contributed by atoms with van der Waals surface area (Å²) in [6.45, 7) is 1.10. The van der Waals surface area contributed by atoms with Crippen LogP contribution in [0.1, 0.15) is 49.9 Å². The third kappa shape index (κ3) is 4.65. The summed E-state index contributed by atoms with van der Waals surface area (Å²) in [6, 6.07) is 2.59. The minimum Gasteiger partial charge on any atom is -0.463 e. The first-order valence-electron chi connectivity index (χ1n) is 19.5. The molecule has 7 heterocycles. The van der Waals surface area contributed by atoms with Crippen LogP contribution in [0.25, 0.3) is 0 Å². The summed E-state index contributed by atoms with van der Waals surface area (Å²) < 4.78 is 24.9. The lowest BCUT2D eigenvalue weighted by molar-refractivity contribution is -0.209. The molecule has 0 unspecified atom stereocenters. The van der Waals surface area contributed by atoms with Crippen molar-refractivity contribution in [2.45, 2.75) is 76.5 Å². The Morgan fingerprint density at radius 2 is 0.613 bits per heavy atom. The Balaban J connectivity index is 1.39. The Morgan fingerprint density at radius 1 is 0.419 bits per heavy atom. The summed E-state index contributed by atoms with van der Waals surface area (Å²) in [5, 5.41) is 0. The molecule has 20 nitrogen and oxygen atoms in total. The number of fused-ring (bicyclic) bond motifs is 2. The van der Waals surface area contributed by atoms with Gasteiger partial charge in [-0.3, -0.25) is 39.2 Å². The van der Waals surface area contributed by atoms with E-state index in [-0.39, 0.29) is 26.4 Å². The van der Waals surface area contributed by atoms with E-state index in [1.807, 2.05) is 0 Å². The van der Waals surface area contributed by atoms with Gasteiger partial charge in [0.1, 0.15) is 13.3 Å². The van der Waals surface area contributed by atoms with Crippen molar-refractivity contribution in [1.82, 2.24) is 39.2 Å². The van der Waals surface area contributed by atoms with Gasteiger partial charge in [0.2, 0.25) is 0 Å². The van der Waals surface area contributed by atoms with Crippen LogP contribution in [0, 0.1) is 0 Å². The fourth-order valence-electron chi connectivity index (χ4n) is 10.4. The summed E-state index contributed by atoms with van der Waals surface area (Å²) in [5.74, 6) is -4.93. The second-order valence-electron chi connectivity index (χ2n) is 15.0. The molecule has 328 valence electrons. The molecule has 0 bridgehead atoms. The molecule has 8 amide bonds. The molecule has 0 radical (unpaired) electrons. The van der Waals surface area contributed by atoms with Gasteiger partial charge in [-0.2, -0.15) is 0 Å². The first-order chi connectivity index (χ1) is 29.6. The summed E-state index contributed by atoms with van der Waals surface area (Å²) in [5.41, 5.74) is -9.20. The maximum absolute atomic E-state index is 15.7. The number of benzene rings is 2. The van der Waals surface area contributed by atoms with Crippen LogP contribution in [0.2, 0.25) is 0 Å². The standard InChI is InChI=1S/C38H36Br4N8O12/c1-5-59-27(51)35-37(29(53)61-7-3)47-17-49-33(57)45-15-21-22(26(42)12-11-25(21)41)16-46-34(58)50(38(49,30(54)62-8-4)36(45,46)28(52)60-6-2)18-48(37)32(56)44(35)14-20-19(13-43(35)31(47)55)23(39)9-10-24(20)40/h9-12H,5-8,13-18H2,1-4H3. The predicted octanol–water partition coefficient (Wildman–Crippen LogP) is 4.38. The first kappa shape index (κ1) is 42.6. The Morgan fingerprint density at radius 3 is 0.806 bits per heavy atom. The van der Waals surface area contributed by atoms with E-state index in [4.69, 9.17) is 18.9 Å². The second kappa shape index (κ2) is 14.4. The molecule has 24 heteroatoms.